The highest BCUT2D eigenvalue weighted by molar-refractivity contribution is 6.45. The van der Waals surface area contributed by atoms with E-state index in [1.807, 2.05) is 0 Å². The summed E-state index contributed by atoms with van der Waals surface area (Å²) < 4.78 is 30.8. The smallest absolute Gasteiger partial charge is 0.249 e. The van der Waals surface area contributed by atoms with Crippen LogP contribution in [0.4, 0.5) is 14.7 Å². The summed E-state index contributed by atoms with van der Waals surface area (Å²) in [6.45, 7) is 1.69. The monoisotopic (exact) mass is 497 g/mol. The molecule has 166 valence electrons. The Kier molecular flexibility index (Phi) is 6.46. The van der Waals surface area contributed by atoms with Gasteiger partial charge in [-0.2, -0.15) is 4.98 Å². The molecule has 2 heterocycles. The number of aromatic nitrogens is 3. The fourth-order valence-corrected chi connectivity index (χ4v) is 3.95. The maximum Gasteiger partial charge on any atom is 0.249 e. The molecule has 6 nitrogen and oxygen atoms in total. The van der Waals surface area contributed by atoms with E-state index in [9.17, 15) is 13.6 Å². The van der Waals surface area contributed by atoms with Gasteiger partial charge >= 0.3 is 0 Å². The Bertz CT molecular complexity index is 1220. The minimum absolute atomic E-state index is 0.00408. The molecule has 0 spiro atoms. The van der Waals surface area contributed by atoms with Crippen LogP contribution in [0.3, 0.4) is 0 Å². The summed E-state index contributed by atoms with van der Waals surface area (Å²) in [7, 11) is 0. The molecule has 1 amide bonds. The van der Waals surface area contributed by atoms with E-state index in [-0.39, 0.29) is 45.2 Å². The minimum atomic E-state index is -0.794. The lowest BCUT2D eigenvalue weighted by molar-refractivity contribution is -0.116. The number of hydrogen-bond donors (Lipinski definition) is 1. The largest absolute Gasteiger partial charge is 0.293 e. The molecule has 0 aliphatic carbocycles. The zero-order valence-electron chi connectivity index (χ0n) is 16.7. The Morgan fingerprint density at radius 2 is 1.88 bits per heavy atom. The number of nitrogens with zero attached hydrogens (tertiary/aromatic N) is 4. The normalized spacial score (nSPS) is 14.9. The molecule has 1 N–H and O–H groups in total. The first-order valence-corrected chi connectivity index (χ1v) is 10.9. The van der Waals surface area contributed by atoms with Gasteiger partial charge in [-0.25, -0.2) is 13.5 Å². The summed E-state index contributed by atoms with van der Waals surface area (Å²) in [5, 5.41) is 7.24. The number of nitrogens with one attached hydrogen (secondary N) is 1. The maximum absolute atomic E-state index is 14.7. The Morgan fingerprint density at radius 3 is 2.56 bits per heavy atom. The van der Waals surface area contributed by atoms with Gasteiger partial charge < -0.3 is 0 Å². The summed E-state index contributed by atoms with van der Waals surface area (Å²) in [5.41, 5.74) is 0.244. The van der Waals surface area contributed by atoms with Gasteiger partial charge in [0.2, 0.25) is 11.9 Å². The topological polar surface area (TPSA) is 72.2 Å². The van der Waals surface area contributed by atoms with Crippen molar-refractivity contribution in [3.8, 4) is 5.69 Å². The van der Waals surface area contributed by atoms with Crippen LogP contribution in [-0.2, 0) is 4.79 Å². The van der Waals surface area contributed by atoms with Gasteiger partial charge in [-0.1, -0.05) is 29.3 Å². The van der Waals surface area contributed by atoms with Crippen LogP contribution in [-0.4, -0.2) is 32.3 Å². The number of anilines is 1. The third-order valence-corrected chi connectivity index (χ3v) is 5.93. The van der Waals surface area contributed by atoms with Crippen molar-refractivity contribution in [3.63, 3.8) is 0 Å². The van der Waals surface area contributed by atoms with Gasteiger partial charge in [-0.3, -0.25) is 15.1 Å². The van der Waals surface area contributed by atoms with E-state index in [2.05, 4.69) is 20.4 Å². The Balaban J connectivity index is 1.90. The molecule has 3 aromatic rings. The summed E-state index contributed by atoms with van der Waals surface area (Å²) in [6.07, 6.45) is 0.728. The van der Waals surface area contributed by atoms with Crippen LogP contribution in [0.5, 0.6) is 0 Å². The fourth-order valence-electron chi connectivity index (χ4n) is 3.41. The lowest BCUT2D eigenvalue weighted by Gasteiger charge is -2.14. The average Bonchev–Trinajstić information content (AvgIpc) is 3.12. The van der Waals surface area contributed by atoms with Crippen LogP contribution < -0.4 is 5.32 Å². The average molecular weight is 499 g/mol. The van der Waals surface area contributed by atoms with Crippen molar-refractivity contribution >= 4 is 52.4 Å². The van der Waals surface area contributed by atoms with E-state index in [0.29, 0.717) is 23.8 Å². The number of halogens is 5. The standard InChI is InChI=1S/C21H16Cl3F2N5O/c1-10-20-29-21(28-15(32)6-3-9-22)30-31(20)14-8-7-11(23)18(24)17(14)19(27-10)16-12(25)4-2-5-13(16)26/h2,4-5,7-8,10H,3,6,9H2,1H3,(H,28,30,32). The summed E-state index contributed by atoms with van der Waals surface area (Å²) >= 11 is 18.4. The van der Waals surface area contributed by atoms with Crippen LogP contribution in [0.1, 0.15) is 42.8 Å². The van der Waals surface area contributed by atoms with Gasteiger partial charge in [0, 0.05) is 17.9 Å². The number of aliphatic imine (C=N–C) groups is 1. The second-order valence-corrected chi connectivity index (χ2v) is 8.22. The van der Waals surface area contributed by atoms with E-state index in [0.717, 1.165) is 12.1 Å². The number of amides is 1. The number of rotatable bonds is 5. The molecule has 1 unspecified atom stereocenters. The first-order valence-electron chi connectivity index (χ1n) is 9.65. The van der Waals surface area contributed by atoms with Gasteiger partial charge in [0.15, 0.2) is 5.82 Å². The SMILES string of the molecule is CC1N=C(c2c(F)cccc2F)c2c(ccc(Cl)c2Cl)-n2nc(NC(=O)CCCCl)nc21. The van der Waals surface area contributed by atoms with Crippen molar-refractivity contribution in [1.82, 2.24) is 14.8 Å². The third kappa shape index (κ3) is 4.10. The fraction of sp³-hybridized carbons (Fsp3) is 0.238. The Labute approximate surface area is 197 Å². The molecule has 1 aromatic heterocycles. The molecular formula is C21H16Cl3F2N5O. The first-order chi connectivity index (χ1) is 15.3. The summed E-state index contributed by atoms with van der Waals surface area (Å²) in [5.74, 6) is -1.10. The summed E-state index contributed by atoms with van der Waals surface area (Å²) in [4.78, 5) is 21.0. The predicted molar refractivity (Wildman–Crippen MR) is 120 cm³/mol. The number of alkyl halides is 1. The van der Waals surface area contributed by atoms with Crippen molar-refractivity contribution in [1.29, 1.82) is 0 Å². The molecule has 1 atom stereocenters. The minimum Gasteiger partial charge on any atom is -0.293 e. The van der Waals surface area contributed by atoms with E-state index in [4.69, 9.17) is 34.8 Å². The molecule has 0 bridgehead atoms. The van der Waals surface area contributed by atoms with Gasteiger partial charge in [0.05, 0.1) is 27.0 Å². The lowest BCUT2D eigenvalue weighted by atomic mass is 9.99. The molecule has 0 saturated heterocycles. The van der Waals surface area contributed by atoms with E-state index >= 15 is 0 Å². The molecule has 4 rings (SSSR count). The molecule has 0 saturated carbocycles. The van der Waals surface area contributed by atoms with Crippen molar-refractivity contribution < 1.29 is 13.6 Å². The number of fused-ring (bicyclic) bond motifs is 3. The van der Waals surface area contributed by atoms with Crippen LogP contribution in [0, 0.1) is 11.6 Å². The van der Waals surface area contributed by atoms with Crippen LogP contribution in [0.15, 0.2) is 35.3 Å². The molecule has 32 heavy (non-hydrogen) atoms. The van der Waals surface area contributed by atoms with Crippen LogP contribution in [0.25, 0.3) is 5.69 Å². The highest BCUT2D eigenvalue weighted by atomic mass is 35.5. The first kappa shape index (κ1) is 22.6. The van der Waals surface area contributed by atoms with Gasteiger partial charge in [-0.15, -0.1) is 16.7 Å². The zero-order valence-corrected chi connectivity index (χ0v) is 18.9. The summed E-state index contributed by atoms with van der Waals surface area (Å²) in [6, 6.07) is 6.01. The molecular weight excluding hydrogens is 483 g/mol. The third-order valence-electron chi connectivity index (χ3n) is 4.85. The molecule has 0 fully saturated rings. The number of hydrogen-bond acceptors (Lipinski definition) is 4. The van der Waals surface area contributed by atoms with Gasteiger partial charge in [-0.05, 0) is 37.6 Å². The lowest BCUT2D eigenvalue weighted by Crippen LogP contribution is -2.14. The quantitative estimate of drug-likeness (QED) is 0.457. The van der Waals surface area contributed by atoms with Crippen LogP contribution in [0.2, 0.25) is 10.0 Å². The zero-order chi connectivity index (χ0) is 23.0. The maximum atomic E-state index is 14.7. The van der Waals surface area contributed by atoms with Crippen molar-refractivity contribution in [3.05, 3.63) is 69.0 Å². The molecule has 11 heteroatoms. The molecule has 2 aromatic carbocycles. The van der Waals surface area contributed by atoms with Crippen LogP contribution >= 0.6 is 34.8 Å². The van der Waals surface area contributed by atoms with Gasteiger partial charge in [0.25, 0.3) is 0 Å². The van der Waals surface area contributed by atoms with Crippen molar-refractivity contribution in [2.75, 3.05) is 11.2 Å². The molecule has 0 radical (unpaired) electrons. The van der Waals surface area contributed by atoms with Crippen molar-refractivity contribution in [2.24, 2.45) is 4.99 Å². The second-order valence-electron chi connectivity index (χ2n) is 7.05. The number of carbonyl (C=O) groups excluding carboxylic acids is 1. The highest BCUT2D eigenvalue weighted by Gasteiger charge is 2.31. The number of carbonyl (C=O) groups is 1. The molecule has 1 aliphatic rings. The molecule has 1 aliphatic heterocycles. The number of benzene rings is 2. The van der Waals surface area contributed by atoms with E-state index < -0.39 is 17.7 Å². The second kappa shape index (κ2) is 9.13. The van der Waals surface area contributed by atoms with Crippen molar-refractivity contribution in [2.45, 2.75) is 25.8 Å². The van der Waals surface area contributed by atoms with E-state index in [1.54, 1.807) is 13.0 Å². The van der Waals surface area contributed by atoms with Gasteiger partial charge in [0.1, 0.15) is 17.7 Å². The Morgan fingerprint density at radius 1 is 1.16 bits per heavy atom. The Hall–Kier alpha value is -2.55. The highest BCUT2D eigenvalue weighted by Crippen LogP contribution is 2.38. The van der Waals surface area contributed by atoms with E-state index in [1.165, 1.54) is 16.8 Å². The predicted octanol–water partition coefficient (Wildman–Crippen LogP) is 5.72.